The Morgan fingerprint density at radius 1 is 1.16 bits per heavy atom. The Kier molecular flexibility index (Phi) is 3.74. The second-order valence-corrected chi connectivity index (χ2v) is 4.61. The molecule has 1 aliphatic carbocycles. The molecule has 0 bridgehead atoms. The van der Waals surface area contributed by atoms with Crippen LogP contribution >= 0.6 is 0 Å². The van der Waals surface area contributed by atoms with Gasteiger partial charge in [-0.15, -0.1) is 0 Å². The van der Waals surface area contributed by atoms with Crippen LogP contribution in [0.15, 0.2) is 24.3 Å². The van der Waals surface area contributed by atoms with Gasteiger partial charge < -0.3 is 14.8 Å². The van der Waals surface area contributed by atoms with Crippen LogP contribution < -0.4 is 10.1 Å². The van der Waals surface area contributed by atoms with Crippen LogP contribution in [0.1, 0.15) is 19.3 Å². The topological polar surface area (TPSA) is 64.6 Å². The van der Waals surface area contributed by atoms with E-state index in [4.69, 9.17) is 9.47 Å². The molecule has 19 heavy (non-hydrogen) atoms. The van der Waals surface area contributed by atoms with Crippen molar-refractivity contribution in [2.45, 2.75) is 19.3 Å². The molecule has 1 fully saturated rings. The Hall–Kier alpha value is -2.04. The van der Waals surface area contributed by atoms with Gasteiger partial charge in [0.25, 0.3) is 0 Å². The van der Waals surface area contributed by atoms with Crippen molar-refractivity contribution in [1.82, 2.24) is 0 Å². The van der Waals surface area contributed by atoms with Crippen LogP contribution in [0.2, 0.25) is 0 Å². The molecule has 0 aliphatic heterocycles. The molecular formula is C14H17NO4. The number of carbonyl (C=O) groups is 2. The Bertz CT molecular complexity index is 477. The number of hydrogen-bond acceptors (Lipinski definition) is 4. The number of anilines is 1. The van der Waals surface area contributed by atoms with Crippen LogP contribution in [-0.2, 0) is 14.3 Å². The predicted molar refractivity (Wildman–Crippen MR) is 69.9 cm³/mol. The lowest BCUT2D eigenvalue weighted by atomic mass is 9.68. The van der Waals surface area contributed by atoms with Crippen molar-refractivity contribution in [3.8, 4) is 5.75 Å². The Balaban J connectivity index is 2.09. The average molecular weight is 263 g/mol. The summed E-state index contributed by atoms with van der Waals surface area (Å²) in [6, 6.07) is 6.98. The summed E-state index contributed by atoms with van der Waals surface area (Å²) in [7, 11) is 2.89. The number of nitrogens with one attached hydrogen (secondary N) is 1. The number of hydrogen-bond donors (Lipinski definition) is 1. The van der Waals surface area contributed by atoms with E-state index in [1.54, 1.807) is 31.4 Å². The lowest BCUT2D eigenvalue weighted by Crippen LogP contribution is -2.48. The van der Waals surface area contributed by atoms with Gasteiger partial charge in [-0.05, 0) is 37.1 Å². The summed E-state index contributed by atoms with van der Waals surface area (Å²) >= 11 is 0. The molecule has 0 heterocycles. The normalized spacial score (nSPS) is 16.1. The third-order valence-electron chi connectivity index (χ3n) is 3.57. The highest BCUT2D eigenvalue weighted by atomic mass is 16.5. The summed E-state index contributed by atoms with van der Waals surface area (Å²) in [4.78, 5) is 24.0. The van der Waals surface area contributed by atoms with E-state index in [1.807, 2.05) is 0 Å². The average Bonchev–Trinajstić information content (AvgIpc) is 2.38. The van der Waals surface area contributed by atoms with Crippen molar-refractivity contribution in [3.63, 3.8) is 0 Å². The highest BCUT2D eigenvalue weighted by Gasteiger charge is 2.51. The highest BCUT2D eigenvalue weighted by molar-refractivity contribution is 6.09. The van der Waals surface area contributed by atoms with Crippen molar-refractivity contribution in [1.29, 1.82) is 0 Å². The van der Waals surface area contributed by atoms with E-state index in [2.05, 4.69) is 5.32 Å². The fourth-order valence-corrected chi connectivity index (χ4v) is 2.17. The van der Waals surface area contributed by atoms with Gasteiger partial charge in [0.2, 0.25) is 5.91 Å². The van der Waals surface area contributed by atoms with Crippen LogP contribution in [0.4, 0.5) is 5.69 Å². The van der Waals surface area contributed by atoms with Crippen molar-refractivity contribution in [3.05, 3.63) is 24.3 Å². The SMILES string of the molecule is COC(=O)C1(C(=O)Nc2ccc(OC)cc2)CCC1. The van der Waals surface area contributed by atoms with Gasteiger partial charge in [-0.25, -0.2) is 0 Å². The maximum atomic E-state index is 12.2. The van der Waals surface area contributed by atoms with Crippen molar-refractivity contribution in [2.75, 3.05) is 19.5 Å². The maximum absolute atomic E-state index is 12.2. The molecule has 1 saturated carbocycles. The summed E-state index contributed by atoms with van der Waals surface area (Å²) in [6.07, 6.45) is 1.95. The first kappa shape index (κ1) is 13.4. The number of methoxy groups -OCH3 is 2. The quantitative estimate of drug-likeness (QED) is 0.666. The molecule has 5 heteroatoms. The second-order valence-electron chi connectivity index (χ2n) is 4.61. The van der Waals surface area contributed by atoms with Gasteiger partial charge in [0, 0.05) is 5.69 Å². The van der Waals surface area contributed by atoms with E-state index >= 15 is 0 Å². The molecule has 0 saturated heterocycles. The molecule has 0 atom stereocenters. The van der Waals surface area contributed by atoms with Gasteiger partial charge in [0.1, 0.15) is 11.2 Å². The molecule has 0 radical (unpaired) electrons. The van der Waals surface area contributed by atoms with Crippen LogP contribution in [0.3, 0.4) is 0 Å². The fourth-order valence-electron chi connectivity index (χ4n) is 2.17. The largest absolute Gasteiger partial charge is 0.497 e. The molecule has 0 spiro atoms. The molecule has 0 unspecified atom stereocenters. The lowest BCUT2D eigenvalue weighted by Gasteiger charge is -2.36. The van der Waals surface area contributed by atoms with E-state index in [0.29, 0.717) is 24.3 Å². The minimum Gasteiger partial charge on any atom is -0.497 e. The van der Waals surface area contributed by atoms with Gasteiger partial charge >= 0.3 is 5.97 Å². The van der Waals surface area contributed by atoms with Gasteiger partial charge in [-0.2, -0.15) is 0 Å². The molecule has 1 aliphatic rings. The maximum Gasteiger partial charge on any atom is 0.321 e. The summed E-state index contributed by atoms with van der Waals surface area (Å²) < 4.78 is 9.78. The molecule has 1 N–H and O–H groups in total. The zero-order valence-electron chi connectivity index (χ0n) is 11.1. The molecule has 0 aromatic heterocycles. The van der Waals surface area contributed by atoms with E-state index in [0.717, 1.165) is 6.42 Å². The van der Waals surface area contributed by atoms with Gasteiger partial charge in [0.05, 0.1) is 14.2 Å². The number of amides is 1. The first-order valence-corrected chi connectivity index (χ1v) is 6.16. The minimum atomic E-state index is -1.01. The molecule has 5 nitrogen and oxygen atoms in total. The van der Waals surface area contributed by atoms with E-state index in [-0.39, 0.29) is 5.91 Å². The summed E-state index contributed by atoms with van der Waals surface area (Å²) in [6.45, 7) is 0. The predicted octanol–water partition coefficient (Wildman–Crippen LogP) is 1.98. The third kappa shape index (κ3) is 2.41. The number of ether oxygens (including phenoxy) is 2. The monoisotopic (exact) mass is 263 g/mol. The Morgan fingerprint density at radius 2 is 1.79 bits per heavy atom. The third-order valence-corrected chi connectivity index (χ3v) is 3.57. The summed E-state index contributed by atoms with van der Waals surface area (Å²) in [5.41, 5.74) is -0.365. The molecule has 1 amide bonds. The van der Waals surface area contributed by atoms with E-state index in [1.165, 1.54) is 7.11 Å². The first-order valence-electron chi connectivity index (χ1n) is 6.16. The van der Waals surface area contributed by atoms with E-state index < -0.39 is 11.4 Å². The van der Waals surface area contributed by atoms with Crippen molar-refractivity contribution in [2.24, 2.45) is 5.41 Å². The van der Waals surface area contributed by atoms with E-state index in [9.17, 15) is 9.59 Å². The smallest absolute Gasteiger partial charge is 0.321 e. The first-order chi connectivity index (χ1) is 9.12. The zero-order valence-corrected chi connectivity index (χ0v) is 11.1. The standard InChI is InChI=1S/C14H17NO4/c1-18-11-6-4-10(5-7-11)15-12(16)14(8-3-9-14)13(17)19-2/h4-7H,3,8-9H2,1-2H3,(H,15,16). The molecule has 1 aromatic rings. The molecular weight excluding hydrogens is 246 g/mol. The van der Waals surface area contributed by atoms with Crippen LogP contribution in [0.5, 0.6) is 5.75 Å². The molecule has 1 aromatic carbocycles. The van der Waals surface area contributed by atoms with Gasteiger partial charge in [-0.1, -0.05) is 6.42 Å². The Labute approximate surface area is 111 Å². The van der Waals surface area contributed by atoms with Crippen LogP contribution in [0, 0.1) is 5.41 Å². The van der Waals surface area contributed by atoms with Crippen LogP contribution in [-0.4, -0.2) is 26.1 Å². The fraction of sp³-hybridized carbons (Fsp3) is 0.429. The lowest BCUT2D eigenvalue weighted by molar-refractivity contribution is -0.163. The second kappa shape index (κ2) is 5.30. The number of rotatable bonds is 4. The molecule has 2 rings (SSSR count). The zero-order chi connectivity index (χ0) is 13.9. The number of carbonyl (C=O) groups excluding carboxylic acids is 2. The summed E-state index contributed by atoms with van der Waals surface area (Å²) in [5.74, 6) is -0.0372. The minimum absolute atomic E-state index is 0.296. The Morgan fingerprint density at radius 3 is 2.21 bits per heavy atom. The summed E-state index contributed by atoms with van der Waals surface area (Å²) in [5, 5.41) is 2.76. The van der Waals surface area contributed by atoms with Gasteiger partial charge in [0.15, 0.2) is 0 Å². The number of benzene rings is 1. The molecule has 102 valence electrons. The number of esters is 1. The van der Waals surface area contributed by atoms with Gasteiger partial charge in [-0.3, -0.25) is 9.59 Å². The van der Waals surface area contributed by atoms with Crippen molar-refractivity contribution < 1.29 is 19.1 Å². The van der Waals surface area contributed by atoms with Crippen molar-refractivity contribution >= 4 is 17.6 Å². The highest BCUT2D eigenvalue weighted by Crippen LogP contribution is 2.43. The van der Waals surface area contributed by atoms with Crippen LogP contribution in [0.25, 0.3) is 0 Å².